The highest BCUT2D eigenvalue weighted by molar-refractivity contribution is 5.75. The molecule has 1 heterocycles. The summed E-state index contributed by atoms with van der Waals surface area (Å²) in [5.41, 5.74) is 3.54. The molecule has 0 bridgehead atoms. The maximum absolute atomic E-state index is 5.97. The van der Waals surface area contributed by atoms with Crippen molar-refractivity contribution in [3.63, 3.8) is 0 Å². The van der Waals surface area contributed by atoms with E-state index in [1.807, 2.05) is 36.4 Å². The standard InChI is InChI=1S/C28H32N2O2/c1-3-22(2)23-15-17-25(18-16-23)31-20-10-9-19-30-27-14-8-7-13-26(27)29-28(30)21-32-24-11-5-4-6-12-24/h4-8,11-18,22H,3,9-10,19-21H2,1-2H3. The van der Waals surface area contributed by atoms with Crippen molar-refractivity contribution in [2.75, 3.05) is 6.61 Å². The maximum atomic E-state index is 5.97. The van der Waals surface area contributed by atoms with Gasteiger partial charge in [-0.3, -0.25) is 0 Å². The summed E-state index contributed by atoms with van der Waals surface area (Å²) in [6.07, 6.45) is 3.16. The summed E-state index contributed by atoms with van der Waals surface area (Å²) in [5, 5.41) is 0. The van der Waals surface area contributed by atoms with Crippen molar-refractivity contribution in [1.82, 2.24) is 9.55 Å². The number of ether oxygens (including phenoxy) is 2. The van der Waals surface area contributed by atoms with Gasteiger partial charge in [0.25, 0.3) is 0 Å². The number of aromatic nitrogens is 2. The first-order chi connectivity index (χ1) is 15.7. The highest BCUT2D eigenvalue weighted by Gasteiger charge is 2.11. The van der Waals surface area contributed by atoms with Gasteiger partial charge in [-0.05, 0) is 67.1 Å². The lowest BCUT2D eigenvalue weighted by Gasteiger charge is -2.12. The number of unbranched alkanes of at least 4 members (excludes halogenated alkanes) is 1. The van der Waals surface area contributed by atoms with E-state index in [0.29, 0.717) is 19.1 Å². The van der Waals surface area contributed by atoms with E-state index in [4.69, 9.17) is 14.5 Å². The molecule has 4 aromatic rings. The van der Waals surface area contributed by atoms with Crippen LogP contribution in [0.4, 0.5) is 0 Å². The van der Waals surface area contributed by atoms with Crippen LogP contribution in [0.3, 0.4) is 0 Å². The Morgan fingerprint density at radius 2 is 1.53 bits per heavy atom. The Labute approximate surface area is 190 Å². The monoisotopic (exact) mass is 428 g/mol. The molecule has 0 N–H and O–H groups in total. The van der Waals surface area contributed by atoms with Gasteiger partial charge < -0.3 is 14.0 Å². The second kappa shape index (κ2) is 10.9. The van der Waals surface area contributed by atoms with Crippen molar-refractivity contribution in [2.24, 2.45) is 0 Å². The first kappa shape index (κ1) is 21.9. The zero-order valence-corrected chi connectivity index (χ0v) is 19.0. The average molecular weight is 429 g/mol. The van der Waals surface area contributed by atoms with Crippen LogP contribution < -0.4 is 9.47 Å². The van der Waals surface area contributed by atoms with Crippen molar-refractivity contribution >= 4 is 11.0 Å². The van der Waals surface area contributed by atoms with Gasteiger partial charge in [-0.1, -0.05) is 56.3 Å². The third-order valence-corrected chi connectivity index (χ3v) is 5.95. The highest BCUT2D eigenvalue weighted by Crippen LogP contribution is 2.22. The molecule has 0 amide bonds. The van der Waals surface area contributed by atoms with E-state index in [1.54, 1.807) is 0 Å². The Hall–Kier alpha value is -3.27. The molecule has 4 heteroatoms. The molecule has 3 aromatic carbocycles. The van der Waals surface area contributed by atoms with E-state index < -0.39 is 0 Å². The molecular weight excluding hydrogens is 396 g/mol. The van der Waals surface area contributed by atoms with E-state index in [0.717, 1.165) is 54.2 Å². The van der Waals surface area contributed by atoms with Crippen molar-refractivity contribution in [1.29, 1.82) is 0 Å². The number of rotatable bonds is 11. The molecule has 0 fully saturated rings. The second-order valence-electron chi connectivity index (χ2n) is 8.20. The van der Waals surface area contributed by atoms with E-state index in [-0.39, 0.29) is 0 Å². The second-order valence-corrected chi connectivity index (χ2v) is 8.20. The van der Waals surface area contributed by atoms with Crippen LogP contribution in [-0.4, -0.2) is 16.2 Å². The Morgan fingerprint density at radius 1 is 0.812 bits per heavy atom. The summed E-state index contributed by atoms with van der Waals surface area (Å²) in [5.74, 6) is 3.35. The van der Waals surface area contributed by atoms with E-state index >= 15 is 0 Å². The van der Waals surface area contributed by atoms with Crippen LogP contribution in [0.25, 0.3) is 11.0 Å². The summed E-state index contributed by atoms with van der Waals surface area (Å²) >= 11 is 0. The van der Waals surface area contributed by atoms with Gasteiger partial charge >= 0.3 is 0 Å². The molecule has 32 heavy (non-hydrogen) atoms. The highest BCUT2D eigenvalue weighted by atomic mass is 16.5. The predicted octanol–water partition coefficient (Wildman–Crippen LogP) is 6.99. The van der Waals surface area contributed by atoms with Crippen LogP contribution >= 0.6 is 0 Å². The normalized spacial score (nSPS) is 12.1. The molecule has 1 aromatic heterocycles. The Kier molecular flexibility index (Phi) is 7.44. The molecule has 1 unspecified atom stereocenters. The lowest BCUT2D eigenvalue weighted by molar-refractivity contribution is 0.285. The number of hydrogen-bond donors (Lipinski definition) is 0. The topological polar surface area (TPSA) is 36.3 Å². The fourth-order valence-electron chi connectivity index (χ4n) is 3.84. The predicted molar refractivity (Wildman–Crippen MR) is 130 cm³/mol. The van der Waals surface area contributed by atoms with Gasteiger partial charge in [0.2, 0.25) is 0 Å². The fourth-order valence-corrected chi connectivity index (χ4v) is 3.84. The van der Waals surface area contributed by atoms with Gasteiger partial charge in [-0.15, -0.1) is 0 Å². The van der Waals surface area contributed by atoms with Crippen LogP contribution in [0.2, 0.25) is 0 Å². The largest absolute Gasteiger partial charge is 0.494 e. The van der Waals surface area contributed by atoms with Crippen molar-refractivity contribution in [3.05, 3.63) is 90.3 Å². The average Bonchev–Trinajstić information content (AvgIpc) is 3.20. The van der Waals surface area contributed by atoms with E-state index in [1.165, 1.54) is 5.56 Å². The quantitative estimate of drug-likeness (QED) is 0.242. The molecule has 1 atom stereocenters. The molecule has 0 aliphatic heterocycles. The van der Waals surface area contributed by atoms with Gasteiger partial charge in [0.05, 0.1) is 17.6 Å². The zero-order chi connectivity index (χ0) is 22.2. The summed E-state index contributed by atoms with van der Waals surface area (Å²) in [6, 6.07) is 26.7. The summed E-state index contributed by atoms with van der Waals surface area (Å²) in [6.45, 7) is 6.54. The Bertz CT molecular complexity index is 1100. The van der Waals surface area contributed by atoms with Crippen molar-refractivity contribution in [3.8, 4) is 11.5 Å². The molecule has 0 radical (unpaired) electrons. The molecule has 0 aliphatic rings. The molecule has 0 saturated heterocycles. The van der Waals surface area contributed by atoms with Gasteiger partial charge in [-0.2, -0.15) is 0 Å². The number of imidazole rings is 1. The van der Waals surface area contributed by atoms with Crippen LogP contribution in [0.1, 0.15) is 50.4 Å². The minimum absolute atomic E-state index is 0.456. The van der Waals surface area contributed by atoms with Crippen LogP contribution in [-0.2, 0) is 13.2 Å². The maximum Gasteiger partial charge on any atom is 0.147 e. The Balaban J connectivity index is 1.32. The van der Waals surface area contributed by atoms with Gasteiger partial charge in [0.1, 0.15) is 23.9 Å². The molecule has 4 nitrogen and oxygen atoms in total. The smallest absolute Gasteiger partial charge is 0.147 e. The third-order valence-electron chi connectivity index (χ3n) is 5.95. The lowest BCUT2D eigenvalue weighted by Crippen LogP contribution is -2.08. The van der Waals surface area contributed by atoms with Crippen LogP contribution in [0, 0.1) is 0 Å². The molecule has 0 aliphatic carbocycles. The molecular formula is C28H32N2O2. The lowest BCUT2D eigenvalue weighted by atomic mass is 9.99. The summed E-state index contributed by atoms with van der Waals surface area (Å²) < 4.78 is 14.2. The van der Waals surface area contributed by atoms with Crippen molar-refractivity contribution < 1.29 is 9.47 Å². The molecule has 0 saturated carbocycles. The number of fused-ring (bicyclic) bond motifs is 1. The minimum Gasteiger partial charge on any atom is -0.494 e. The van der Waals surface area contributed by atoms with E-state index in [2.05, 4.69) is 60.9 Å². The molecule has 4 rings (SSSR count). The van der Waals surface area contributed by atoms with Crippen LogP contribution in [0.5, 0.6) is 11.5 Å². The number of hydrogen-bond acceptors (Lipinski definition) is 3. The minimum atomic E-state index is 0.456. The third kappa shape index (κ3) is 5.50. The van der Waals surface area contributed by atoms with Crippen LogP contribution in [0.15, 0.2) is 78.9 Å². The number of nitrogens with zero attached hydrogens (tertiary/aromatic N) is 2. The Morgan fingerprint density at radius 3 is 2.31 bits per heavy atom. The van der Waals surface area contributed by atoms with Gasteiger partial charge in [0, 0.05) is 6.54 Å². The number of aryl methyl sites for hydroxylation is 1. The first-order valence-corrected chi connectivity index (χ1v) is 11.6. The van der Waals surface area contributed by atoms with E-state index in [9.17, 15) is 0 Å². The van der Waals surface area contributed by atoms with Gasteiger partial charge in [-0.25, -0.2) is 4.98 Å². The SMILES string of the molecule is CCC(C)c1ccc(OCCCCn2c(COc3ccccc3)nc3ccccc32)cc1. The molecule has 0 spiro atoms. The van der Waals surface area contributed by atoms with Crippen molar-refractivity contribution in [2.45, 2.75) is 52.2 Å². The summed E-state index contributed by atoms with van der Waals surface area (Å²) in [7, 11) is 0. The zero-order valence-electron chi connectivity index (χ0n) is 19.0. The molecule has 166 valence electrons. The first-order valence-electron chi connectivity index (χ1n) is 11.6. The number of benzene rings is 3. The summed E-state index contributed by atoms with van der Waals surface area (Å²) in [4.78, 5) is 4.81. The fraction of sp³-hybridized carbons (Fsp3) is 0.321. The number of para-hydroxylation sites is 3. The van der Waals surface area contributed by atoms with Gasteiger partial charge in [0.15, 0.2) is 0 Å².